The second-order valence-electron chi connectivity index (χ2n) is 3.44. The first kappa shape index (κ1) is 11.0. The Labute approximate surface area is 83.8 Å². The summed E-state index contributed by atoms with van der Waals surface area (Å²) in [5.74, 6) is 0.365. The van der Waals surface area contributed by atoms with E-state index >= 15 is 0 Å². The standard InChI is InChI=1S/C8H14ClNO2S/c1-10-5-2-8(3-6-10)4-7-13(9,11)12/h4,7-8H,2-3,5-6H2,1H3/b7-4-. The van der Waals surface area contributed by atoms with Gasteiger partial charge < -0.3 is 4.90 Å². The van der Waals surface area contributed by atoms with E-state index in [0.717, 1.165) is 31.3 Å². The summed E-state index contributed by atoms with van der Waals surface area (Å²) in [6.07, 6.45) is 3.73. The fourth-order valence-electron chi connectivity index (χ4n) is 1.43. The van der Waals surface area contributed by atoms with Crippen molar-refractivity contribution in [1.82, 2.24) is 4.90 Å². The molecule has 1 heterocycles. The molecule has 3 nitrogen and oxygen atoms in total. The zero-order chi connectivity index (χ0) is 9.90. The van der Waals surface area contributed by atoms with Crippen LogP contribution in [0.5, 0.6) is 0 Å². The van der Waals surface area contributed by atoms with E-state index in [1.165, 1.54) is 0 Å². The molecule has 1 rings (SSSR count). The van der Waals surface area contributed by atoms with Crippen LogP contribution in [0.4, 0.5) is 0 Å². The van der Waals surface area contributed by atoms with Crippen LogP contribution in [0.15, 0.2) is 11.5 Å². The normalized spacial score (nSPS) is 22.6. The summed E-state index contributed by atoms with van der Waals surface area (Å²) in [5, 5.41) is 1.10. The van der Waals surface area contributed by atoms with Crippen molar-refractivity contribution >= 4 is 19.7 Å². The smallest absolute Gasteiger partial charge is 0.254 e. The Hall–Kier alpha value is -0.0600. The third kappa shape index (κ3) is 4.64. The van der Waals surface area contributed by atoms with Crippen LogP contribution in [0, 0.1) is 5.92 Å². The van der Waals surface area contributed by atoms with Gasteiger partial charge in [-0.15, -0.1) is 0 Å². The summed E-state index contributed by atoms with van der Waals surface area (Å²) < 4.78 is 21.2. The number of allylic oxidation sites excluding steroid dienone is 1. The highest BCUT2D eigenvalue weighted by atomic mass is 35.7. The molecule has 0 aromatic heterocycles. The van der Waals surface area contributed by atoms with E-state index < -0.39 is 9.05 Å². The zero-order valence-corrected chi connectivity index (χ0v) is 9.18. The van der Waals surface area contributed by atoms with Crippen molar-refractivity contribution < 1.29 is 8.42 Å². The Kier molecular flexibility index (Phi) is 3.76. The van der Waals surface area contributed by atoms with Gasteiger partial charge in [0.2, 0.25) is 0 Å². The Morgan fingerprint density at radius 1 is 1.38 bits per heavy atom. The predicted molar refractivity (Wildman–Crippen MR) is 54.1 cm³/mol. The average molecular weight is 224 g/mol. The van der Waals surface area contributed by atoms with Gasteiger partial charge in [-0.05, 0) is 38.9 Å². The molecule has 0 atom stereocenters. The molecule has 1 saturated heterocycles. The first-order valence-electron chi connectivity index (χ1n) is 4.29. The van der Waals surface area contributed by atoms with E-state index in [4.69, 9.17) is 10.7 Å². The highest BCUT2D eigenvalue weighted by molar-refractivity contribution is 8.16. The number of rotatable bonds is 2. The molecule has 13 heavy (non-hydrogen) atoms. The van der Waals surface area contributed by atoms with Crippen molar-refractivity contribution in [2.45, 2.75) is 12.8 Å². The maximum Gasteiger partial charge on any atom is 0.254 e. The predicted octanol–water partition coefficient (Wildman–Crippen LogP) is 1.41. The van der Waals surface area contributed by atoms with E-state index in [1.54, 1.807) is 6.08 Å². The highest BCUT2D eigenvalue weighted by Crippen LogP contribution is 2.17. The molecule has 0 saturated carbocycles. The van der Waals surface area contributed by atoms with Crippen molar-refractivity contribution in [3.63, 3.8) is 0 Å². The number of nitrogens with zero attached hydrogens (tertiary/aromatic N) is 1. The number of hydrogen-bond acceptors (Lipinski definition) is 3. The minimum absolute atomic E-state index is 0.365. The number of halogens is 1. The minimum Gasteiger partial charge on any atom is -0.306 e. The molecular weight excluding hydrogens is 210 g/mol. The molecule has 1 aliphatic rings. The van der Waals surface area contributed by atoms with Gasteiger partial charge in [-0.3, -0.25) is 0 Å². The van der Waals surface area contributed by atoms with E-state index in [-0.39, 0.29) is 0 Å². The quantitative estimate of drug-likeness (QED) is 0.665. The fourth-order valence-corrected chi connectivity index (χ4v) is 2.01. The summed E-state index contributed by atoms with van der Waals surface area (Å²) in [5.41, 5.74) is 0. The topological polar surface area (TPSA) is 37.4 Å². The van der Waals surface area contributed by atoms with Gasteiger partial charge in [-0.1, -0.05) is 6.08 Å². The summed E-state index contributed by atoms with van der Waals surface area (Å²) >= 11 is 0. The molecule has 0 aromatic rings. The van der Waals surface area contributed by atoms with Crippen LogP contribution < -0.4 is 0 Å². The van der Waals surface area contributed by atoms with Gasteiger partial charge in [0, 0.05) is 16.1 Å². The second kappa shape index (κ2) is 4.44. The number of piperidine rings is 1. The second-order valence-corrected chi connectivity index (χ2v) is 5.96. The van der Waals surface area contributed by atoms with Crippen LogP contribution in [0.2, 0.25) is 0 Å². The van der Waals surface area contributed by atoms with Crippen molar-refractivity contribution in [1.29, 1.82) is 0 Å². The van der Waals surface area contributed by atoms with Crippen molar-refractivity contribution in [3.8, 4) is 0 Å². The van der Waals surface area contributed by atoms with E-state index in [9.17, 15) is 8.42 Å². The molecule has 0 aromatic carbocycles. The number of hydrogen-bond donors (Lipinski definition) is 0. The van der Waals surface area contributed by atoms with Gasteiger partial charge in [0.15, 0.2) is 0 Å². The van der Waals surface area contributed by atoms with Crippen LogP contribution >= 0.6 is 10.7 Å². The third-order valence-electron chi connectivity index (χ3n) is 2.28. The molecule has 1 fully saturated rings. The molecule has 0 aliphatic carbocycles. The highest BCUT2D eigenvalue weighted by Gasteiger charge is 2.14. The molecule has 76 valence electrons. The molecule has 0 amide bonds. The van der Waals surface area contributed by atoms with Crippen LogP contribution in [-0.4, -0.2) is 33.5 Å². The summed E-state index contributed by atoms with van der Waals surface area (Å²) in [7, 11) is 3.66. The lowest BCUT2D eigenvalue weighted by molar-refractivity contribution is 0.244. The minimum atomic E-state index is -3.46. The summed E-state index contributed by atoms with van der Waals surface area (Å²) in [6, 6.07) is 0. The van der Waals surface area contributed by atoms with E-state index in [1.807, 2.05) is 0 Å². The monoisotopic (exact) mass is 223 g/mol. The van der Waals surface area contributed by atoms with Gasteiger partial charge in [-0.2, -0.15) is 0 Å². The van der Waals surface area contributed by atoms with Crippen LogP contribution in [-0.2, 0) is 9.05 Å². The maximum atomic E-state index is 10.6. The molecule has 5 heteroatoms. The molecule has 0 N–H and O–H groups in total. The lowest BCUT2D eigenvalue weighted by Crippen LogP contribution is -2.29. The van der Waals surface area contributed by atoms with Gasteiger partial charge in [0.1, 0.15) is 0 Å². The first-order chi connectivity index (χ1) is 5.97. The van der Waals surface area contributed by atoms with Gasteiger partial charge >= 0.3 is 0 Å². The molecule has 1 aliphatic heterocycles. The third-order valence-corrected chi connectivity index (χ3v) is 3.07. The van der Waals surface area contributed by atoms with Gasteiger partial charge in [0.25, 0.3) is 9.05 Å². The van der Waals surface area contributed by atoms with Gasteiger partial charge in [-0.25, -0.2) is 8.42 Å². The van der Waals surface area contributed by atoms with Crippen LogP contribution in [0.1, 0.15) is 12.8 Å². The number of likely N-dealkylation sites (tertiary alicyclic amines) is 1. The lowest BCUT2D eigenvalue weighted by Gasteiger charge is -2.26. The Balaban J connectivity index is 2.43. The van der Waals surface area contributed by atoms with Crippen molar-refractivity contribution in [3.05, 3.63) is 11.5 Å². The largest absolute Gasteiger partial charge is 0.306 e. The maximum absolute atomic E-state index is 10.6. The average Bonchev–Trinajstić information content (AvgIpc) is 2.02. The first-order valence-corrected chi connectivity index (χ1v) is 6.66. The zero-order valence-electron chi connectivity index (χ0n) is 7.61. The Morgan fingerprint density at radius 2 is 1.92 bits per heavy atom. The lowest BCUT2D eigenvalue weighted by atomic mass is 9.98. The van der Waals surface area contributed by atoms with E-state index in [2.05, 4.69) is 11.9 Å². The Bertz CT molecular complexity index is 279. The van der Waals surface area contributed by atoms with Crippen molar-refractivity contribution in [2.24, 2.45) is 5.92 Å². The SMILES string of the molecule is CN1CCC(/C=C\S(=O)(=O)Cl)CC1. The summed E-state index contributed by atoms with van der Waals surface area (Å²) in [4.78, 5) is 2.24. The van der Waals surface area contributed by atoms with Crippen molar-refractivity contribution in [2.75, 3.05) is 20.1 Å². The molecule has 0 radical (unpaired) electrons. The molecule has 0 unspecified atom stereocenters. The molecule has 0 spiro atoms. The van der Waals surface area contributed by atoms with Gasteiger partial charge in [0.05, 0.1) is 0 Å². The Morgan fingerprint density at radius 3 is 2.38 bits per heavy atom. The summed E-state index contributed by atoms with van der Waals surface area (Å²) in [6.45, 7) is 2.05. The van der Waals surface area contributed by atoms with Crippen LogP contribution in [0.25, 0.3) is 0 Å². The molecular formula is C8H14ClNO2S. The van der Waals surface area contributed by atoms with E-state index in [0.29, 0.717) is 5.92 Å². The fraction of sp³-hybridized carbons (Fsp3) is 0.750. The van der Waals surface area contributed by atoms with Crippen LogP contribution in [0.3, 0.4) is 0 Å². The molecule has 0 bridgehead atoms.